The molecule has 1 aromatic heterocycles. The fourth-order valence-corrected chi connectivity index (χ4v) is 1.49. The first kappa shape index (κ1) is 9.15. The van der Waals surface area contributed by atoms with Crippen molar-refractivity contribution >= 4 is 22.3 Å². The molecule has 5 heteroatoms. The van der Waals surface area contributed by atoms with Crippen LogP contribution in [0.5, 0.6) is 0 Å². The van der Waals surface area contributed by atoms with E-state index >= 15 is 0 Å². The first-order valence-electron chi connectivity index (χ1n) is 3.51. The summed E-state index contributed by atoms with van der Waals surface area (Å²) < 4.78 is 0. The van der Waals surface area contributed by atoms with E-state index in [1.54, 1.807) is 6.20 Å². The monoisotopic (exact) mass is 185 g/mol. The number of hydrogen-bond donors (Lipinski definition) is 1. The van der Waals surface area contributed by atoms with Crippen LogP contribution in [-0.2, 0) is 0 Å². The minimum absolute atomic E-state index is 0.0507. The topological polar surface area (TPSA) is 59.2 Å². The molecule has 1 aromatic rings. The fourth-order valence-electron chi connectivity index (χ4n) is 0.701. The molecular formula is C7H11N3OS. The van der Waals surface area contributed by atoms with Crippen molar-refractivity contribution in [1.82, 2.24) is 4.98 Å². The van der Waals surface area contributed by atoms with Gasteiger partial charge in [-0.3, -0.25) is 4.79 Å². The summed E-state index contributed by atoms with van der Waals surface area (Å²) in [5, 5.41) is 0.826. The maximum absolute atomic E-state index is 11.1. The zero-order chi connectivity index (χ0) is 9.14. The lowest BCUT2D eigenvalue weighted by Crippen LogP contribution is -2.11. The number of carbonyl (C=O) groups is 1. The lowest BCUT2D eigenvalue weighted by Gasteiger charge is -2.04. The molecule has 0 aliphatic carbocycles. The number of aromatic nitrogens is 1. The van der Waals surface area contributed by atoms with Crippen LogP contribution in [0.15, 0.2) is 6.20 Å². The smallest absolute Gasteiger partial charge is 0.187 e. The molecular weight excluding hydrogens is 174 g/mol. The third-order valence-corrected chi connectivity index (χ3v) is 2.54. The largest absolute Gasteiger partial charge is 0.354 e. The molecule has 2 N–H and O–H groups in total. The molecule has 1 rings (SSSR count). The van der Waals surface area contributed by atoms with Crippen LogP contribution in [0.1, 0.15) is 9.67 Å². The van der Waals surface area contributed by atoms with Crippen molar-refractivity contribution in [3.05, 3.63) is 11.1 Å². The van der Waals surface area contributed by atoms with Crippen LogP contribution >= 0.6 is 11.3 Å². The zero-order valence-electron chi connectivity index (χ0n) is 7.07. The van der Waals surface area contributed by atoms with Crippen molar-refractivity contribution in [3.8, 4) is 0 Å². The van der Waals surface area contributed by atoms with E-state index in [9.17, 15) is 4.79 Å². The van der Waals surface area contributed by atoms with E-state index in [4.69, 9.17) is 5.73 Å². The summed E-state index contributed by atoms with van der Waals surface area (Å²) >= 11 is 1.36. The lowest BCUT2D eigenvalue weighted by molar-refractivity contribution is 0.100. The highest BCUT2D eigenvalue weighted by Gasteiger charge is 2.08. The molecule has 0 radical (unpaired) electrons. The number of thiazole rings is 1. The number of nitrogens with zero attached hydrogens (tertiary/aromatic N) is 2. The van der Waals surface area contributed by atoms with Crippen LogP contribution in [0.2, 0.25) is 0 Å². The quantitative estimate of drug-likeness (QED) is 0.690. The third kappa shape index (κ3) is 1.80. The summed E-state index contributed by atoms with van der Waals surface area (Å²) in [6.07, 6.45) is 1.56. The fraction of sp³-hybridized carbons (Fsp3) is 0.429. The molecule has 4 nitrogen and oxygen atoms in total. The van der Waals surface area contributed by atoms with Crippen molar-refractivity contribution in [2.75, 3.05) is 25.5 Å². The second kappa shape index (κ2) is 3.64. The molecule has 0 saturated carbocycles. The molecule has 0 aromatic carbocycles. The van der Waals surface area contributed by atoms with Gasteiger partial charge in [0.05, 0.1) is 17.6 Å². The summed E-state index contributed by atoms with van der Waals surface area (Å²) in [7, 11) is 3.77. The normalized spacial score (nSPS) is 9.92. The van der Waals surface area contributed by atoms with Crippen molar-refractivity contribution in [1.29, 1.82) is 0 Å². The van der Waals surface area contributed by atoms with Crippen LogP contribution < -0.4 is 10.6 Å². The van der Waals surface area contributed by atoms with Gasteiger partial charge in [0.1, 0.15) is 0 Å². The molecule has 0 bridgehead atoms. The van der Waals surface area contributed by atoms with Gasteiger partial charge in [0.25, 0.3) is 0 Å². The third-order valence-electron chi connectivity index (χ3n) is 1.34. The van der Waals surface area contributed by atoms with Gasteiger partial charge in [0, 0.05) is 14.1 Å². The Balaban J connectivity index is 2.84. The van der Waals surface area contributed by atoms with Gasteiger partial charge in [0.2, 0.25) is 0 Å². The van der Waals surface area contributed by atoms with E-state index in [1.165, 1.54) is 11.3 Å². The van der Waals surface area contributed by atoms with Crippen LogP contribution in [-0.4, -0.2) is 31.4 Å². The molecule has 0 fully saturated rings. The van der Waals surface area contributed by atoms with Crippen LogP contribution in [0, 0.1) is 0 Å². The highest BCUT2D eigenvalue weighted by atomic mass is 32.1. The average molecular weight is 185 g/mol. The Labute approximate surface area is 75.0 Å². The number of ketones is 1. The van der Waals surface area contributed by atoms with Crippen LogP contribution in [0.3, 0.4) is 0 Å². The predicted molar refractivity (Wildman–Crippen MR) is 49.8 cm³/mol. The van der Waals surface area contributed by atoms with Crippen molar-refractivity contribution in [2.45, 2.75) is 0 Å². The van der Waals surface area contributed by atoms with Gasteiger partial charge >= 0.3 is 0 Å². The molecule has 0 aliphatic rings. The van der Waals surface area contributed by atoms with Gasteiger partial charge in [-0.1, -0.05) is 11.3 Å². The van der Waals surface area contributed by atoms with E-state index < -0.39 is 0 Å². The van der Waals surface area contributed by atoms with E-state index in [2.05, 4.69) is 4.98 Å². The number of rotatable bonds is 3. The Morgan fingerprint density at radius 1 is 1.75 bits per heavy atom. The van der Waals surface area contributed by atoms with Crippen molar-refractivity contribution in [2.24, 2.45) is 5.73 Å². The first-order valence-corrected chi connectivity index (χ1v) is 4.33. The van der Waals surface area contributed by atoms with Gasteiger partial charge < -0.3 is 10.6 Å². The minimum Gasteiger partial charge on any atom is -0.354 e. The first-order chi connectivity index (χ1) is 5.65. The predicted octanol–water partition coefficient (Wildman–Crippen LogP) is 0.351. The van der Waals surface area contributed by atoms with Crippen molar-refractivity contribution < 1.29 is 4.79 Å². The molecule has 0 aliphatic heterocycles. The maximum atomic E-state index is 11.1. The van der Waals surface area contributed by atoms with E-state index in [0.717, 1.165) is 5.13 Å². The molecule has 66 valence electrons. The molecule has 1 heterocycles. The molecule has 12 heavy (non-hydrogen) atoms. The Hall–Kier alpha value is -0.940. The van der Waals surface area contributed by atoms with Gasteiger partial charge in [-0.05, 0) is 0 Å². The number of Topliss-reactive ketones (excluding diaryl/α,β-unsaturated/α-hetero) is 1. The number of carbonyl (C=O) groups excluding carboxylic acids is 1. The molecule has 0 atom stereocenters. The van der Waals surface area contributed by atoms with Crippen LogP contribution in [0.4, 0.5) is 5.13 Å². The molecule has 0 unspecified atom stereocenters. The van der Waals surface area contributed by atoms with Gasteiger partial charge in [-0.25, -0.2) is 4.98 Å². The van der Waals surface area contributed by atoms with Crippen molar-refractivity contribution in [3.63, 3.8) is 0 Å². The maximum Gasteiger partial charge on any atom is 0.187 e. The summed E-state index contributed by atoms with van der Waals surface area (Å²) in [6, 6.07) is 0. The van der Waals surface area contributed by atoms with E-state index in [1.807, 2.05) is 19.0 Å². The summed E-state index contributed by atoms with van der Waals surface area (Å²) in [4.78, 5) is 17.6. The molecule has 0 spiro atoms. The number of anilines is 1. The summed E-state index contributed by atoms with van der Waals surface area (Å²) in [5.74, 6) is -0.0550. The average Bonchev–Trinajstić information content (AvgIpc) is 2.51. The second-order valence-electron chi connectivity index (χ2n) is 2.53. The molecule has 0 amide bonds. The van der Waals surface area contributed by atoms with Gasteiger partial charge in [-0.15, -0.1) is 0 Å². The number of nitrogens with two attached hydrogens (primary N) is 1. The molecule has 0 saturated heterocycles. The lowest BCUT2D eigenvalue weighted by atomic mass is 10.4. The van der Waals surface area contributed by atoms with E-state index in [-0.39, 0.29) is 12.3 Å². The second-order valence-corrected chi connectivity index (χ2v) is 3.54. The highest BCUT2D eigenvalue weighted by molar-refractivity contribution is 7.17. The van der Waals surface area contributed by atoms with Gasteiger partial charge in [-0.2, -0.15) is 0 Å². The summed E-state index contributed by atoms with van der Waals surface area (Å²) in [5.41, 5.74) is 5.21. The Kier molecular flexibility index (Phi) is 2.78. The highest BCUT2D eigenvalue weighted by Crippen LogP contribution is 2.20. The minimum atomic E-state index is -0.0550. The standard InChI is InChI=1S/C7H11N3OS/c1-10(2)7-9-4-6(12-7)5(11)3-8/h4H,3,8H2,1-2H3. The summed E-state index contributed by atoms with van der Waals surface area (Å²) in [6.45, 7) is 0.0507. The van der Waals surface area contributed by atoms with Gasteiger partial charge in [0.15, 0.2) is 10.9 Å². The Bertz CT molecular complexity index is 282. The van der Waals surface area contributed by atoms with Crippen LogP contribution in [0.25, 0.3) is 0 Å². The number of hydrogen-bond acceptors (Lipinski definition) is 5. The SMILES string of the molecule is CN(C)c1ncc(C(=O)CN)s1. The van der Waals surface area contributed by atoms with E-state index in [0.29, 0.717) is 4.88 Å². The Morgan fingerprint density at radius 3 is 2.83 bits per heavy atom. The Morgan fingerprint density at radius 2 is 2.42 bits per heavy atom. The zero-order valence-corrected chi connectivity index (χ0v) is 7.89.